The fourth-order valence-electron chi connectivity index (χ4n) is 18.1. The van der Waals surface area contributed by atoms with E-state index in [1.165, 1.54) is 4.90 Å². The first-order chi connectivity index (χ1) is 68.9. The molecule has 51 heteroatoms. The summed E-state index contributed by atoms with van der Waals surface area (Å²) in [7, 11) is 0. The van der Waals surface area contributed by atoms with Crippen LogP contribution < -0.4 is 59.2 Å². The van der Waals surface area contributed by atoms with Crippen molar-refractivity contribution < 1.29 is 158 Å². The molecule has 4 aromatic heterocycles. The van der Waals surface area contributed by atoms with Gasteiger partial charge in [0, 0.05) is 90.1 Å². The summed E-state index contributed by atoms with van der Waals surface area (Å²) in [5.74, 6) is -9.88. The minimum Gasteiger partial charge on any atom is -1.00 e. The number of halogens is 9. The Labute approximate surface area is 882 Å². The molecule has 7 aromatic rings. The number of para-hydroxylation sites is 1. The first-order valence-corrected chi connectivity index (χ1v) is 48.8. The van der Waals surface area contributed by atoms with Gasteiger partial charge in [-0.3, -0.25) is 81.4 Å². The zero-order chi connectivity index (χ0) is 107. The van der Waals surface area contributed by atoms with E-state index < -0.39 is 80.4 Å². The van der Waals surface area contributed by atoms with Crippen LogP contribution in [0.3, 0.4) is 0 Å². The molecule has 14 heterocycles. The maximum Gasteiger partial charge on any atom is 1.00 e. The third-order valence-corrected chi connectivity index (χ3v) is 25.8. The molecule has 0 saturated carbocycles. The second kappa shape index (κ2) is 50.2. The van der Waals surface area contributed by atoms with Crippen molar-refractivity contribution in [3.05, 3.63) is 148 Å². The minimum absolute atomic E-state index is 0. The van der Waals surface area contributed by atoms with Crippen LogP contribution in [0.4, 0.5) is 68.3 Å². The molecule has 796 valence electrons. The summed E-state index contributed by atoms with van der Waals surface area (Å²) in [5, 5.41) is 37.8. The van der Waals surface area contributed by atoms with E-state index in [9.17, 15) is 93.8 Å². The van der Waals surface area contributed by atoms with E-state index >= 15 is 0 Å². The van der Waals surface area contributed by atoms with E-state index in [2.05, 4.69) is 25.7 Å². The third-order valence-electron chi connectivity index (χ3n) is 25.0. The SMILES string of the molecule is C[C@H]1Cn2ncc(N3CC(N(CCO)C(=O)Cl)CC3=O)c2CN1C(=O)OC(C)(C)C.C[C@H]1Cn2ncc(N3CC(N4CCOCC4=O)CC3=O)c2CN1C(=O)Cc1cc(F)c(F)c(F)c1.C[C@H]1Cn2ncc(N3CC(N4CCOCC4=O)CC3=O)c2CN1C(=O)OC(C)(C)C.C[C@H]1Cn2ncc(N3CC(NCCO)CC3=O)c2CN1C(=O)OC(C)(C)C.O=C(Cc1cc(F)c(F)c(F)c1)Oc1ccccc1.O=C(Cl)CCl.[H-].[Na+]. The van der Waals surface area contributed by atoms with Gasteiger partial charge in [0.1, 0.15) is 35.8 Å². The molecule has 11 amide bonds. The van der Waals surface area contributed by atoms with E-state index in [-0.39, 0.29) is 229 Å². The van der Waals surface area contributed by atoms with Gasteiger partial charge >= 0.3 is 59.2 Å². The average molecular weight is 2140 g/mol. The Morgan fingerprint density at radius 2 is 0.823 bits per heavy atom. The average Bonchev–Trinajstić information content (AvgIpc) is 1.62. The molecule has 10 aliphatic heterocycles. The van der Waals surface area contributed by atoms with Crippen molar-refractivity contribution in [1.82, 2.24) is 78.7 Å². The van der Waals surface area contributed by atoms with Crippen molar-refractivity contribution in [3.63, 3.8) is 0 Å². The van der Waals surface area contributed by atoms with Crippen molar-refractivity contribution in [2.75, 3.05) is 117 Å². The molecule has 4 unspecified atom stereocenters. The maximum atomic E-state index is 13.6. The number of alkyl halides is 1. The van der Waals surface area contributed by atoms with E-state index in [4.69, 9.17) is 68.3 Å². The Bertz CT molecular complexity index is 5810. The number of aliphatic hydroxyl groups is 2. The van der Waals surface area contributed by atoms with Gasteiger partial charge in [-0.05, 0) is 161 Å². The molecule has 0 bridgehead atoms. The number of amides is 11. The van der Waals surface area contributed by atoms with Crippen LogP contribution >= 0.6 is 34.8 Å². The Morgan fingerprint density at radius 1 is 0.476 bits per heavy atom. The molecule has 147 heavy (non-hydrogen) atoms. The number of aliphatic hydroxyl groups excluding tert-OH is 2. The number of hydrogen-bond donors (Lipinski definition) is 3. The molecule has 17 rings (SSSR count). The van der Waals surface area contributed by atoms with E-state index in [1.807, 2.05) is 99.4 Å². The second-order valence-electron chi connectivity index (χ2n) is 39.4. The predicted molar refractivity (Wildman–Crippen MR) is 516 cm³/mol. The molecule has 3 aromatic carbocycles. The van der Waals surface area contributed by atoms with Crippen LogP contribution in [0, 0.1) is 34.9 Å². The molecular formula is C96H122Cl3F6N20NaO21. The summed E-state index contributed by atoms with van der Waals surface area (Å²) in [5.41, 5.74) is 3.95. The van der Waals surface area contributed by atoms with Gasteiger partial charge in [-0.2, -0.15) is 20.4 Å². The van der Waals surface area contributed by atoms with Gasteiger partial charge in [-0.15, -0.1) is 11.6 Å². The van der Waals surface area contributed by atoms with Crippen LogP contribution in [0.15, 0.2) is 79.4 Å². The number of nitrogens with one attached hydrogen (secondary N) is 1. The molecule has 0 spiro atoms. The molecule has 41 nitrogen and oxygen atoms in total. The summed E-state index contributed by atoms with van der Waals surface area (Å²) < 4.78 is 118. The Balaban J connectivity index is 0.000000188. The number of carbonyl (C=O) groups is 13. The summed E-state index contributed by atoms with van der Waals surface area (Å²) in [6.45, 7) is 30.9. The topological polar surface area (TPSA) is 437 Å². The number of carbonyl (C=O) groups excluding carboxylic acids is 13. The summed E-state index contributed by atoms with van der Waals surface area (Å²) in [6.07, 6.45) is 5.75. The molecule has 8 atom stereocenters. The zero-order valence-electron chi connectivity index (χ0n) is 85.2. The van der Waals surface area contributed by atoms with Gasteiger partial charge in [0.05, 0.1) is 204 Å². The van der Waals surface area contributed by atoms with Crippen LogP contribution in [0.5, 0.6) is 5.75 Å². The van der Waals surface area contributed by atoms with Crippen LogP contribution in [0.2, 0.25) is 0 Å². The van der Waals surface area contributed by atoms with Crippen molar-refractivity contribution in [2.45, 2.75) is 246 Å². The Hall–Kier alpha value is -11.5. The van der Waals surface area contributed by atoms with E-state index in [0.717, 1.165) is 47.0 Å². The zero-order valence-corrected chi connectivity index (χ0v) is 88.4. The number of morpholine rings is 2. The number of hydrogen-bond acceptors (Lipinski definition) is 26. The van der Waals surface area contributed by atoms with Gasteiger partial charge in [-0.1, -0.05) is 18.2 Å². The number of ether oxygens (including phenoxy) is 6. The molecular weight excluding hydrogens is 2010 g/mol. The number of anilines is 4. The van der Waals surface area contributed by atoms with Gasteiger partial charge in [0.2, 0.25) is 46.6 Å². The first-order valence-electron chi connectivity index (χ1n) is 47.5. The molecule has 3 N–H and O–H groups in total. The van der Waals surface area contributed by atoms with Crippen LogP contribution in [-0.2, 0) is 132 Å². The Morgan fingerprint density at radius 3 is 1.18 bits per heavy atom. The van der Waals surface area contributed by atoms with Crippen LogP contribution in [0.25, 0.3) is 0 Å². The fourth-order valence-corrected chi connectivity index (χ4v) is 18.3. The largest absolute Gasteiger partial charge is 1.00 e. The normalized spacial score (nSPS) is 20.7. The molecule has 6 saturated heterocycles. The van der Waals surface area contributed by atoms with Gasteiger partial charge in [0.15, 0.2) is 34.9 Å². The van der Waals surface area contributed by atoms with Crippen molar-refractivity contribution in [3.8, 4) is 5.75 Å². The second-order valence-corrected chi connectivity index (χ2v) is 40.4. The van der Waals surface area contributed by atoms with Crippen LogP contribution in [0.1, 0.15) is 151 Å². The van der Waals surface area contributed by atoms with Gasteiger partial charge < -0.3 is 84.6 Å². The van der Waals surface area contributed by atoms with E-state index in [0.29, 0.717) is 127 Å². The van der Waals surface area contributed by atoms with Crippen LogP contribution in [-0.4, -0.2) is 323 Å². The smallest absolute Gasteiger partial charge is 1.00 e. The standard InChI is InChI=1S/C23H24F3N5O4.C20H29N5O5.C19H28ClN5O5.C18H29N5O4.C14H9F3O2.C2H2Cl2O.Na.H/c1-13-9-31-19(11-29(13)20(32)6-14-4-16(24)23(26)17(25)5-14)18(8-27-31)30-10-15(7-21(30)33)28-2-3-35-12-22(28)34;1-13-9-25-16(11-23(13)19(28)30-20(2,3)4)15(8-21-25)24-10-14(7-17(24)26)22-5-6-29-12-18(22)27;1-12-9-25-15(11-23(12)18(29)30-19(2,3)4)14(8-21-25)24-10-13(7-16(24)27)22(5-6-26)17(20)28;1-12-9-23-15(11-21(12)17(26)27-18(2,3)4)14(8-20-23)22-10-13(7-16(22)25)19-5-6-24;15-11-6-9(7-12(16)14(11)17)8-13(18)19-10-4-2-1-3-5-10;3-1-2(4)5;;/h4-5,8,13,15H,2-3,6-7,9-12H2,1H3;8,13-14H,5-7,9-12H2,1-4H3;8,12-13,26H,5-7,9-11H2,1-4H3;8,12-13,19,24H,5-7,9-11H2,1-4H3;1-7H,8H2;1H2;;/q;;;;;;+1;-1/t13-,15?;13-,14?;2*12-,13?;;;;/m0000..../s1. The fraction of sp³-hybridized carbons (Fsp3) is 0.552. The predicted octanol–water partition coefficient (Wildman–Crippen LogP) is 6.07. The summed E-state index contributed by atoms with van der Waals surface area (Å²) in [6, 6.07) is 10.1. The number of aromatic nitrogens is 8. The van der Waals surface area contributed by atoms with Crippen molar-refractivity contribution in [2.24, 2.45) is 0 Å². The minimum atomic E-state index is -1.58. The van der Waals surface area contributed by atoms with Gasteiger partial charge in [0.25, 0.3) is 0 Å². The molecule has 6 fully saturated rings. The number of nitrogens with zero attached hydrogens (tertiary/aromatic N) is 19. The van der Waals surface area contributed by atoms with Gasteiger partial charge in [-0.25, -0.2) is 40.7 Å². The Kier molecular flexibility index (Phi) is 39.5. The quantitative estimate of drug-likeness (QED) is 0.0101. The number of esters is 1. The summed E-state index contributed by atoms with van der Waals surface area (Å²) in [4.78, 5) is 177. The molecule has 0 radical (unpaired) electrons. The molecule has 10 aliphatic rings. The third kappa shape index (κ3) is 29.6. The number of rotatable bonds is 18. The number of fused-ring (bicyclic) bond motifs is 4. The maximum absolute atomic E-state index is 13.6. The molecule has 0 aliphatic carbocycles. The first kappa shape index (κ1) is 116. The summed E-state index contributed by atoms with van der Waals surface area (Å²) >= 11 is 15.2. The monoisotopic (exact) mass is 2130 g/mol. The van der Waals surface area contributed by atoms with Crippen molar-refractivity contribution in [1.29, 1.82) is 0 Å². The number of benzene rings is 3. The van der Waals surface area contributed by atoms with E-state index in [1.54, 1.807) is 113 Å². The van der Waals surface area contributed by atoms with Crippen molar-refractivity contribution >= 4 is 134 Å².